The quantitative estimate of drug-likeness (QED) is 0.838. The van der Waals surface area contributed by atoms with E-state index in [1.807, 2.05) is 25.1 Å². The maximum atomic E-state index is 12.2. The highest BCUT2D eigenvalue weighted by atomic mass is 32.1. The second kappa shape index (κ2) is 7.97. The van der Waals surface area contributed by atoms with Crippen molar-refractivity contribution in [2.24, 2.45) is 0 Å². The third-order valence-corrected chi connectivity index (χ3v) is 4.36. The minimum Gasteiger partial charge on any atom is -0.493 e. The molecule has 1 aromatic heterocycles. The van der Waals surface area contributed by atoms with Crippen LogP contribution in [0.25, 0.3) is 10.6 Å². The van der Waals surface area contributed by atoms with E-state index in [-0.39, 0.29) is 11.9 Å². The van der Waals surface area contributed by atoms with Crippen LogP contribution in [0.5, 0.6) is 11.5 Å². The largest absolute Gasteiger partial charge is 0.493 e. The van der Waals surface area contributed by atoms with E-state index in [0.717, 1.165) is 23.4 Å². The average molecular weight is 334 g/mol. The third-order valence-electron chi connectivity index (χ3n) is 3.47. The van der Waals surface area contributed by atoms with Gasteiger partial charge in [-0.25, -0.2) is 4.98 Å². The van der Waals surface area contributed by atoms with Gasteiger partial charge in [-0.3, -0.25) is 4.79 Å². The number of nitrogens with one attached hydrogen (secondary N) is 1. The predicted molar refractivity (Wildman–Crippen MR) is 92.5 cm³/mol. The van der Waals surface area contributed by atoms with E-state index in [9.17, 15) is 4.79 Å². The monoisotopic (exact) mass is 334 g/mol. The molecule has 5 nitrogen and oxygen atoms in total. The second-order valence-electron chi connectivity index (χ2n) is 5.27. The zero-order valence-electron chi connectivity index (χ0n) is 13.9. The Morgan fingerprint density at radius 3 is 2.70 bits per heavy atom. The maximum Gasteiger partial charge on any atom is 0.270 e. The molecule has 1 atom stereocenters. The van der Waals surface area contributed by atoms with Gasteiger partial charge in [0.1, 0.15) is 10.7 Å². The molecule has 1 amide bonds. The van der Waals surface area contributed by atoms with E-state index in [2.05, 4.69) is 17.2 Å². The lowest BCUT2D eigenvalue weighted by Crippen LogP contribution is -2.32. The zero-order chi connectivity index (χ0) is 16.8. The number of nitrogens with zero attached hydrogens (tertiary/aromatic N) is 1. The Kier molecular flexibility index (Phi) is 5.98. The molecule has 0 bridgehead atoms. The summed E-state index contributed by atoms with van der Waals surface area (Å²) in [5, 5.41) is 5.52. The van der Waals surface area contributed by atoms with Gasteiger partial charge in [-0.2, -0.15) is 0 Å². The van der Waals surface area contributed by atoms with Gasteiger partial charge in [-0.1, -0.05) is 13.3 Å². The molecule has 0 aliphatic carbocycles. The molecule has 1 heterocycles. The number of benzene rings is 1. The summed E-state index contributed by atoms with van der Waals surface area (Å²) in [4.78, 5) is 16.6. The van der Waals surface area contributed by atoms with Crippen molar-refractivity contribution in [2.75, 3.05) is 14.2 Å². The van der Waals surface area contributed by atoms with Crippen molar-refractivity contribution in [2.45, 2.75) is 32.7 Å². The smallest absolute Gasteiger partial charge is 0.270 e. The van der Waals surface area contributed by atoms with Crippen molar-refractivity contribution in [3.63, 3.8) is 0 Å². The van der Waals surface area contributed by atoms with E-state index in [1.165, 1.54) is 11.3 Å². The highest BCUT2D eigenvalue weighted by Crippen LogP contribution is 2.33. The van der Waals surface area contributed by atoms with Gasteiger partial charge in [0, 0.05) is 17.0 Å². The molecule has 124 valence electrons. The number of aromatic nitrogens is 1. The van der Waals surface area contributed by atoms with Gasteiger partial charge in [0.05, 0.1) is 14.2 Å². The minimum absolute atomic E-state index is 0.131. The summed E-state index contributed by atoms with van der Waals surface area (Å²) in [6.07, 6.45) is 1.99. The molecule has 1 unspecified atom stereocenters. The fourth-order valence-corrected chi connectivity index (χ4v) is 3.08. The van der Waals surface area contributed by atoms with Gasteiger partial charge in [0.25, 0.3) is 5.91 Å². The summed E-state index contributed by atoms with van der Waals surface area (Å²) in [5.41, 5.74) is 1.34. The third kappa shape index (κ3) is 4.22. The summed E-state index contributed by atoms with van der Waals surface area (Å²) in [7, 11) is 3.19. The lowest BCUT2D eigenvalue weighted by Gasteiger charge is -2.11. The summed E-state index contributed by atoms with van der Waals surface area (Å²) >= 11 is 1.44. The molecule has 6 heteroatoms. The van der Waals surface area contributed by atoms with Gasteiger partial charge in [0.2, 0.25) is 0 Å². The van der Waals surface area contributed by atoms with Crippen LogP contribution in [-0.2, 0) is 0 Å². The Hall–Kier alpha value is -2.08. The first-order valence-electron chi connectivity index (χ1n) is 7.57. The van der Waals surface area contributed by atoms with Crippen molar-refractivity contribution in [1.29, 1.82) is 0 Å². The van der Waals surface area contributed by atoms with E-state index in [1.54, 1.807) is 19.6 Å². The second-order valence-corrected chi connectivity index (χ2v) is 6.13. The molecule has 2 aromatic rings. The van der Waals surface area contributed by atoms with Crippen molar-refractivity contribution < 1.29 is 14.3 Å². The Morgan fingerprint density at radius 1 is 1.30 bits per heavy atom. The number of hydrogen-bond donors (Lipinski definition) is 1. The first-order chi connectivity index (χ1) is 11.1. The van der Waals surface area contributed by atoms with Gasteiger partial charge < -0.3 is 14.8 Å². The molecule has 0 saturated carbocycles. The highest BCUT2D eigenvalue weighted by molar-refractivity contribution is 7.13. The van der Waals surface area contributed by atoms with Gasteiger partial charge in [0.15, 0.2) is 11.5 Å². The van der Waals surface area contributed by atoms with E-state index >= 15 is 0 Å². The molecular formula is C17H22N2O3S. The number of hydrogen-bond acceptors (Lipinski definition) is 5. The highest BCUT2D eigenvalue weighted by Gasteiger charge is 2.15. The average Bonchev–Trinajstić information content (AvgIpc) is 3.04. The fraction of sp³-hybridized carbons (Fsp3) is 0.412. The zero-order valence-corrected chi connectivity index (χ0v) is 14.7. The van der Waals surface area contributed by atoms with Crippen LogP contribution >= 0.6 is 11.3 Å². The summed E-state index contributed by atoms with van der Waals surface area (Å²) in [6.45, 7) is 4.10. The molecule has 2 rings (SSSR count). The Balaban J connectivity index is 2.17. The predicted octanol–water partition coefficient (Wildman–Crippen LogP) is 3.75. The van der Waals surface area contributed by atoms with E-state index in [0.29, 0.717) is 17.2 Å². The maximum absolute atomic E-state index is 12.2. The fourth-order valence-electron chi connectivity index (χ4n) is 2.28. The number of carbonyl (C=O) groups excluding carboxylic acids is 1. The van der Waals surface area contributed by atoms with Crippen LogP contribution in [0.1, 0.15) is 37.2 Å². The van der Waals surface area contributed by atoms with Crippen LogP contribution in [0.4, 0.5) is 0 Å². The van der Waals surface area contributed by atoms with Crippen LogP contribution in [0.2, 0.25) is 0 Å². The van der Waals surface area contributed by atoms with Crippen LogP contribution in [-0.4, -0.2) is 31.2 Å². The molecule has 0 saturated heterocycles. The van der Waals surface area contributed by atoms with E-state index < -0.39 is 0 Å². The molecule has 1 aromatic carbocycles. The topological polar surface area (TPSA) is 60.5 Å². The molecule has 0 aliphatic rings. The molecule has 0 radical (unpaired) electrons. The van der Waals surface area contributed by atoms with E-state index in [4.69, 9.17) is 9.47 Å². The van der Waals surface area contributed by atoms with Crippen molar-refractivity contribution in [3.05, 3.63) is 29.3 Å². The van der Waals surface area contributed by atoms with Crippen molar-refractivity contribution in [1.82, 2.24) is 10.3 Å². The minimum atomic E-state index is -0.131. The number of ether oxygens (including phenoxy) is 2. The number of methoxy groups -OCH3 is 2. The normalized spacial score (nSPS) is 11.8. The van der Waals surface area contributed by atoms with Gasteiger partial charge >= 0.3 is 0 Å². The van der Waals surface area contributed by atoms with Crippen LogP contribution in [0.15, 0.2) is 23.6 Å². The number of amides is 1. The van der Waals surface area contributed by atoms with Gasteiger partial charge in [-0.15, -0.1) is 11.3 Å². The summed E-state index contributed by atoms with van der Waals surface area (Å²) in [6, 6.07) is 5.75. The Labute approximate surface area is 140 Å². The van der Waals surface area contributed by atoms with Crippen LogP contribution in [0.3, 0.4) is 0 Å². The molecular weight excluding hydrogens is 312 g/mol. The number of rotatable bonds is 7. The lowest BCUT2D eigenvalue weighted by atomic mass is 10.2. The SMILES string of the molecule is CCCC(C)NC(=O)c1csc(-c2ccc(OC)c(OC)c2)n1. The van der Waals surface area contributed by atoms with Crippen LogP contribution in [0, 0.1) is 0 Å². The standard InChI is InChI=1S/C17H22N2O3S/c1-5-6-11(2)18-16(20)13-10-23-17(19-13)12-7-8-14(21-3)15(9-12)22-4/h7-11H,5-6H2,1-4H3,(H,18,20). The first-order valence-corrected chi connectivity index (χ1v) is 8.45. The molecule has 1 N–H and O–H groups in total. The Bertz CT molecular complexity index is 670. The molecule has 0 fully saturated rings. The molecule has 23 heavy (non-hydrogen) atoms. The number of thiazole rings is 1. The lowest BCUT2D eigenvalue weighted by molar-refractivity contribution is 0.0934. The molecule has 0 aliphatic heterocycles. The first kappa shape index (κ1) is 17.3. The summed E-state index contributed by atoms with van der Waals surface area (Å²) < 4.78 is 10.5. The Morgan fingerprint density at radius 2 is 2.04 bits per heavy atom. The van der Waals surface area contributed by atoms with Crippen molar-refractivity contribution >= 4 is 17.2 Å². The molecule has 0 spiro atoms. The van der Waals surface area contributed by atoms with Crippen LogP contribution < -0.4 is 14.8 Å². The number of carbonyl (C=O) groups is 1. The van der Waals surface area contributed by atoms with Crippen molar-refractivity contribution in [3.8, 4) is 22.1 Å². The summed E-state index contributed by atoms with van der Waals surface area (Å²) in [5.74, 6) is 1.18. The van der Waals surface area contributed by atoms with Gasteiger partial charge in [-0.05, 0) is 31.5 Å².